The van der Waals surface area contributed by atoms with Gasteiger partial charge in [-0.3, -0.25) is 0 Å². The molecule has 1 aromatic rings. The van der Waals surface area contributed by atoms with E-state index in [9.17, 15) is 8.78 Å². The Morgan fingerprint density at radius 3 is 2.20 bits per heavy atom. The SMILES string of the molecule is Cl.Nc1c(Br)cc(Br)cc1[C@@H](N)C(F)F. The average Bonchev–Trinajstić information content (AvgIpc) is 2.09. The second kappa shape index (κ2) is 5.98. The number of rotatable bonds is 2. The van der Waals surface area contributed by atoms with Crippen LogP contribution in [0, 0.1) is 0 Å². The van der Waals surface area contributed by atoms with Crippen LogP contribution in [0.3, 0.4) is 0 Å². The molecule has 1 aromatic carbocycles. The maximum Gasteiger partial charge on any atom is 0.257 e. The van der Waals surface area contributed by atoms with Crippen LogP contribution in [0.15, 0.2) is 21.1 Å². The molecule has 0 amide bonds. The maximum atomic E-state index is 12.3. The minimum Gasteiger partial charge on any atom is -0.398 e. The molecule has 15 heavy (non-hydrogen) atoms. The molecule has 0 aromatic heterocycles. The maximum absolute atomic E-state index is 12.3. The number of benzene rings is 1. The molecule has 86 valence electrons. The van der Waals surface area contributed by atoms with Gasteiger partial charge in [0.2, 0.25) is 0 Å². The lowest BCUT2D eigenvalue weighted by atomic mass is 10.1. The van der Waals surface area contributed by atoms with Crippen LogP contribution in [0.5, 0.6) is 0 Å². The predicted octanol–water partition coefficient (Wildman–Crippen LogP) is 3.48. The fourth-order valence-corrected chi connectivity index (χ4v) is 2.27. The number of nitrogen functional groups attached to an aromatic ring is 1. The second-order valence-electron chi connectivity index (χ2n) is 2.75. The van der Waals surface area contributed by atoms with E-state index >= 15 is 0 Å². The summed E-state index contributed by atoms with van der Waals surface area (Å²) in [7, 11) is 0. The van der Waals surface area contributed by atoms with E-state index in [0.717, 1.165) is 0 Å². The third-order valence-electron chi connectivity index (χ3n) is 1.76. The Morgan fingerprint density at radius 1 is 1.20 bits per heavy atom. The second-order valence-corrected chi connectivity index (χ2v) is 4.52. The van der Waals surface area contributed by atoms with Crippen molar-refractivity contribution in [1.82, 2.24) is 0 Å². The van der Waals surface area contributed by atoms with Gasteiger partial charge in [0.25, 0.3) is 6.43 Å². The van der Waals surface area contributed by atoms with Gasteiger partial charge in [0.1, 0.15) is 0 Å². The van der Waals surface area contributed by atoms with E-state index in [2.05, 4.69) is 31.9 Å². The van der Waals surface area contributed by atoms with Crippen LogP contribution in [0.4, 0.5) is 14.5 Å². The van der Waals surface area contributed by atoms with E-state index in [1.165, 1.54) is 6.07 Å². The van der Waals surface area contributed by atoms with E-state index in [-0.39, 0.29) is 23.7 Å². The Hall–Kier alpha value is 0.0900. The highest BCUT2D eigenvalue weighted by Crippen LogP contribution is 2.33. The van der Waals surface area contributed by atoms with Crippen molar-refractivity contribution in [2.45, 2.75) is 12.5 Å². The first-order valence-corrected chi connectivity index (χ1v) is 5.30. The van der Waals surface area contributed by atoms with Gasteiger partial charge in [-0.15, -0.1) is 12.4 Å². The molecular formula is C8H9Br2ClF2N2. The number of hydrogen-bond donors (Lipinski definition) is 2. The van der Waals surface area contributed by atoms with Crippen molar-refractivity contribution >= 4 is 50.0 Å². The number of hydrogen-bond acceptors (Lipinski definition) is 2. The van der Waals surface area contributed by atoms with Crippen LogP contribution in [-0.2, 0) is 0 Å². The molecule has 0 fully saturated rings. The zero-order chi connectivity index (χ0) is 10.9. The summed E-state index contributed by atoms with van der Waals surface area (Å²) < 4.78 is 25.9. The van der Waals surface area contributed by atoms with E-state index < -0.39 is 12.5 Å². The number of nitrogens with two attached hydrogens (primary N) is 2. The number of alkyl halides is 2. The lowest BCUT2D eigenvalue weighted by Gasteiger charge is -2.14. The molecule has 0 bridgehead atoms. The summed E-state index contributed by atoms with van der Waals surface area (Å²) in [5.74, 6) is 0. The fraction of sp³-hybridized carbons (Fsp3) is 0.250. The van der Waals surface area contributed by atoms with Crippen LogP contribution in [0.2, 0.25) is 0 Å². The molecule has 0 aliphatic carbocycles. The van der Waals surface area contributed by atoms with E-state index in [0.29, 0.717) is 8.95 Å². The van der Waals surface area contributed by atoms with Crippen molar-refractivity contribution < 1.29 is 8.78 Å². The minimum absolute atomic E-state index is 0. The van der Waals surface area contributed by atoms with Crippen LogP contribution in [0.1, 0.15) is 11.6 Å². The van der Waals surface area contributed by atoms with Crippen LogP contribution in [-0.4, -0.2) is 6.43 Å². The first-order chi connectivity index (χ1) is 6.43. The zero-order valence-electron chi connectivity index (χ0n) is 7.38. The lowest BCUT2D eigenvalue weighted by Crippen LogP contribution is -2.20. The van der Waals surface area contributed by atoms with Crippen molar-refractivity contribution in [1.29, 1.82) is 0 Å². The van der Waals surface area contributed by atoms with Crippen molar-refractivity contribution in [2.75, 3.05) is 5.73 Å². The van der Waals surface area contributed by atoms with Crippen LogP contribution < -0.4 is 11.5 Å². The highest BCUT2D eigenvalue weighted by Gasteiger charge is 2.21. The van der Waals surface area contributed by atoms with Crippen LogP contribution in [0.25, 0.3) is 0 Å². The van der Waals surface area contributed by atoms with Crippen molar-refractivity contribution in [2.24, 2.45) is 5.73 Å². The molecule has 7 heteroatoms. The molecule has 1 atom stereocenters. The monoisotopic (exact) mass is 364 g/mol. The first kappa shape index (κ1) is 15.1. The molecule has 0 saturated carbocycles. The van der Waals surface area contributed by atoms with Gasteiger partial charge in [-0.05, 0) is 33.6 Å². The molecule has 0 heterocycles. The van der Waals surface area contributed by atoms with Gasteiger partial charge >= 0.3 is 0 Å². The lowest BCUT2D eigenvalue weighted by molar-refractivity contribution is 0.116. The first-order valence-electron chi connectivity index (χ1n) is 3.71. The molecule has 0 aliphatic rings. The Kier molecular flexibility index (Phi) is 6.02. The fourth-order valence-electron chi connectivity index (χ4n) is 1.02. The molecule has 0 radical (unpaired) electrons. The summed E-state index contributed by atoms with van der Waals surface area (Å²) in [5, 5.41) is 0. The van der Waals surface area contributed by atoms with Crippen molar-refractivity contribution in [3.63, 3.8) is 0 Å². The Labute approximate surface area is 109 Å². The highest BCUT2D eigenvalue weighted by atomic mass is 79.9. The largest absolute Gasteiger partial charge is 0.398 e. The summed E-state index contributed by atoms with van der Waals surface area (Å²) >= 11 is 6.34. The Bertz CT molecular complexity index is 350. The predicted molar refractivity (Wildman–Crippen MR) is 66.4 cm³/mol. The summed E-state index contributed by atoms with van der Waals surface area (Å²) in [5.41, 5.74) is 11.4. The summed E-state index contributed by atoms with van der Waals surface area (Å²) in [6, 6.07) is 1.82. The average molecular weight is 366 g/mol. The van der Waals surface area contributed by atoms with Gasteiger partial charge in [0.15, 0.2) is 0 Å². The Balaban J connectivity index is 0.00000196. The molecule has 0 aliphatic heterocycles. The molecule has 2 nitrogen and oxygen atoms in total. The number of halogens is 5. The Morgan fingerprint density at radius 2 is 1.73 bits per heavy atom. The molecule has 1 rings (SSSR count). The smallest absolute Gasteiger partial charge is 0.257 e. The highest BCUT2D eigenvalue weighted by molar-refractivity contribution is 9.11. The van der Waals surface area contributed by atoms with Gasteiger partial charge in [0.05, 0.1) is 11.7 Å². The summed E-state index contributed by atoms with van der Waals surface area (Å²) in [4.78, 5) is 0. The van der Waals surface area contributed by atoms with Crippen LogP contribution >= 0.6 is 44.3 Å². The zero-order valence-corrected chi connectivity index (χ0v) is 11.4. The third kappa shape index (κ3) is 3.55. The van der Waals surface area contributed by atoms with Gasteiger partial charge in [-0.2, -0.15) is 0 Å². The van der Waals surface area contributed by atoms with E-state index in [1.807, 2.05) is 0 Å². The topological polar surface area (TPSA) is 52.0 Å². The standard InChI is InChI=1S/C8H8Br2F2N2.ClH/c9-3-1-4(7(14)8(11)12)6(13)5(10)2-3;/h1-2,7-8H,13-14H2;1H/t7-;/m1./s1. The number of anilines is 1. The molecular weight excluding hydrogens is 357 g/mol. The van der Waals surface area contributed by atoms with Crippen molar-refractivity contribution in [3.8, 4) is 0 Å². The van der Waals surface area contributed by atoms with Gasteiger partial charge in [-0.25, -0.2) is 8.78 Å². The molecule has 0 unspecified atom stereocenters. The van der Waals surface area contributed by atoms with Gasteiger partial charge in [0, 0.05) is 8.95 Å². The third-order valence-corrected chi connectivity index (χ3v) is 2.87. The van der Waals surface area contributed by atoms with Gasteiger partial charge < -0.3 is 11.5 Å². The molecule has 0 saturated heterocycles. The molecule has 0 spiro atoms. The molecule has 4 N–H and O–H groups in total. The quantitative estimate of drug-likeness (QED) is 0.788. The van der Waals surface area contributed by atoms with Crippen molar-refractivity contribution in [3.05, 3.63) is 26.6 Å². The minimum atomic E-state index is -2.63. The van der Waals surface area contributed by atoms with Gasteiger partial charge in [-0.1, -0.05) is 15.9 Å². The van der Waals surface area contributed by atoms with E-state index in [1.54, 1.807) is 6.07 Å². The van der Waals surface area contributed by atoms with E-state index in [4.69, 9.17) is 11.5 Å². The summed E-state index contributed by atoms with van der Waals surface area (Å²) in [6.45, 7) is 0. The summed E-state index contributed by atoms with van der Waals surface area (Å²) in [6.07, 6.45) is -2.63. The normalized spacial score (nSPS) is 12.4.